The zero-order valence-electron chi connectivity index (χ0n) is 14.3. The average molecular weight is 356 g/mol. The lowest BCUT2D eigenvalue weighted by Gasteiger charge is -2.08. The minimum atomic E-state index is -0.154. The molecule has 0 radical (unpaired) electrons. The van der Waals surface area contributed by atoms with Crippen LogP contribution in [0.25, 0.3) is 10.9 Å². The normalized spacial score (nSPS) is 10.9. The molecule has 0 aliphatic rings. The van der Waals surface area contributed by atoms with Crippen LogP contribution in [0.15, 0.2) is 42.5 Å². The molecule has 1 aromatic heterocycles. The van der Waals surface area contributed by atoms with E-state index in [0.717, 1.165) is 22.2 Å². The van der Waals surface area contributed by atoms with Crippen LogP contribution in [0.3, 0.4) is 0 Å². The maximum Gasteiger partial charge on any atom is 0.262 e. The maximum atomic E-state index is 13.0. The molecule has 4 nitrogen and oxygen atoms in total. The number of halogens is 1. The van der Waals surface area contributed by atoms with E-state index < -0.39 is 0 Å². The van der Waals surface area contributed by atoms with Crippen molar-refractivity contribution in [1.82, 2.24) is 4.57 Å². The predicted molar refractivity (Wildman–Crippen MR) is 98.8 cm³/mol. The number of hydrogen-bond donors (Lipinski definition) is 0. The summed E-state index contributed by atoms with van der Waals surface area (Å²) in [5.41, 5.74) is 2.91. The molecule has 0 saturated carbocycles. The Morgan fingerprint density at radius 2 is 1.80 bits per heavy atom. The van der Waals surface area contributed by atoms with Crippen LogP contribution in [0, 0.1) is 6.92 Å². The fourth-order valence-corrected chi connectivity index (χ4v) is 3.17. The van der Waals surface area contributed by atoms with Gasteiger partial charge in [0, 0.05) is 28.1 Å². The second kappa shape index (κ2) is 6.73. The molecule has 3 aromatic rings. The molecule has 1 heterocycles. The predicted octanol–water partition coefficient (Wildman–Crippen LogP) is 4.43. The van der Waals surface area contributed by atoms with Crippen LogP contribution < -0.4 is 4.74 Å². The second-order valence-electron chi connectivity index (χ2n) is 5.97. The van der Waals surface area contributed by atoms with E-state index in [4.69, 9.17) is 16.3 Å². The molecule has 0 spiro atoms. The van der Waals surface area contributed by atoms with Crippen LogP contribution in [-0.2, 0) is 11.2 Å². The minimum Gasteiger partial charge on any atom is -0.497 e. The van der Waals surface area contributed by atoms with Gasteiger partial charge in [0.25, 0.3) is 5.91 Å². The molecular weight excluding hydrogens is 338 g/mol. The number of benzene rings is 2. The molecule has 0 N–H and O–H groups in total. The van der Waals surface area contributed by atoms with Crippen molar-refractivity contribution in [3.63, 3.8) is 0 Å². The van der Waals surface area contributed by atoms with Gasteiger partial charge in [-0.1, -0.05) is 11.6 Å². The number of carbonyl (C=O) groups excluding carboxylic acids is 2. The zero-order valence-corrected chi connectivity index (χ0v) is 15.1. The first-order chi connectivity index (χ1) is 11.9. The van der Waals surface area contributed by atoms with Crippen LogP contribution in [0.2, 0.25) is 5.02 Å². The van der Waals surface area contributed by atoms with Crippen LogP contribution in [0.1, 0.15) is 28.5 Å². The molecule has 0 saturated heterocycles. The van der Waals surface area contributed by atoms with Crippen LogP contribution in [0.5, 0.6) is 5.75 Å². The highest BCUT2D eigenvalue weighted by molar-refractivity contribution is 6.30. The molecule has 25 heavy (non-hydrogen) atoms. The van der Waals surface area contributed by atoms with Gasteiger partial charge >= 0.3 is 0 Å². The number of ketones is 1. The van der Waals surface area contributed by atoms with Crippen LogP contribution in [0.4, 0.5) is 0 Å². The highest BCUT2D eigenvalue weighted by atomic mass is 35.5. The van der Waals surface area contributed by atoms with Gasteiger partial charge in [-0.15, -0.1) is 0 Å². The van der Waals surface area contributed by atoms with Crippen molar-refractivity contribution >= 4 is 34.2 Å². The Bertz CT molecular complexity index is 971. The summed E-state index contributed by atoms with van der Waals surface area (Å²) >= 11 is 5.91. The van der Waals surface area contributed by atoms with Gasteiger partial charge in [0.1, 0.15) is 11.5 Å². The molecule has 0 aliphatic heterocycles. The molecule has 0 bridgehead atoms. The lowest BCUT2D eigenvalue weighted by atomic mass is 10.1. The zero-order chi connectivity index (χ0) is 18.1. The van der Waals surface area contributed by atoms with E-state index in [1.807, 2.05) is 25.1 Å². The summed E-state index contributed by atoms with van der Waals surface area (Å²) in [6.45, 7) is 3.41. The molecule has 3 rings (SSSR count). The van der Waals surface area contributed by atoms with E-state index in [1.165, 1.54) is 0 Å². The number of aromatic nitrogens is 1. The lowest BCUT2D eigenvalue weighted by molar-refractivity contribution is -0.116. The van der Waals surface area contributed by atoms with Crippen LogP contribution in [-0.4, -0.2) is 23.4 Å². The highest BCUT2D eigenvalue weighted by Crippen LogP contribution is 2.30. The summed E-state index contributed by atoms with van der Waals surface area (Å²) in [6.07, 6.45) is 0.274. The van der Waals surface area contributed by atoms with Gasteiger partial charge < -0.3 is 4.74 Å². The van der Waals surface area contributed by atoms with Gasteiger partial charge in [-0.05, 0) is 61.9 Å². The molecule has 0 amide bonds. The van der Waals surface area contributed by atoms with Gasteiger partial charge in [-0.25, -0.2) is 0 Å². The van der Waals surface area contributed by atoms with E-state index in [1.54, 1.807) is 42.9 Å². The van der Waals surface area contributed by atoms with Crippen LogP contribution >= 0.6 is 11.6 Å². The number of hydrogen-bond acceptors (Lipinski definition) is 3. The van der Waals surface area contributed by atoms with E-state index in [0.29, 0.717) is 16.3 Å². The quantitative estimate of drug-likeness (QED) is 0.695. The third-order valence-electron chi connectivity index (χ3n) is 4.26. The average Bonchev–Trinajstić information content (AvgIpc) is 2.86. The van der Waals surface area contributed by atoms with Crippen molar-refractivity contribution in [2.24, 2.45) is 0 Å². The Kier molecular flexibility index (Phi) is 4.64. The largest absolute Gasteiger partial charge is 0.497 e. The van der Waals surface area contributed by atoms with Crippen molar-refractivity contribution in [3.8, 4) is 5.75 Å². The van der Waals surface area contributed by atoms with E-state index in [2.05, 4.69) is 0 Å². The molecule has 2 aromatic carbocycles. The maximum absolute atomic E-state index is 13.0. The number of nitrogens with zero attached hydrogens (tertiary/aromatic N) is 1. The number of Topliss-reactive ketones (excluding diaryl/α,β-unsaturated/α-hetero) is 1. The Balaban J connectivity index is 2.23. The first-order valence-electron chi connectivity index (χ1n) is 7.90. The molecule has 0 atom stereocenters. The van der Waals surface area contributed by atoms with Crippen molar-refractivity contribution in [3.05, 3.63) is 64.3 Å². The SMILES string of the molecule is COc1ccc2c(c1)c(CC(C)=O)c(C)n2C(=O)c1ccc(Cl)cc1. The Labute approximate surface area is 151 Å². The van der Waals surface area contributed by atoms with Gasteiger partial charge in [0.2, 0.25) is 0 Å². The summed E-state index contributed by atoms with van der Waals surface area (Å²) in [5, 5.41) is 1.43. The summed E-state index contributed by atoms with van der Waals surface area (Å²) in [7, 11) is 1.59. The minimum absolute atomic E-state index is 0.0453. The smallest absolute Gasteiger partial charge is 0.262 e. The molecule has 0 aliphatic carbocycles. The van der Waals surface area contributed by atoms with E-state index in [-0.39, 0.29) is 18.1 Å². The number of carbonyl (C=O) groups is 2. The van der Waals surface area contributed by atoms with Crippen molar-refractivity contribution < 1.29 is 14.3 Å². The Morgan fingerprint density at radius 1 is 1.12 bits per heavy atom. The fourth-order valence-electron chi connectivity index (χ4n) is 3.04. The van der Waals surface area contributed by atoms with E-state index >= 15 is 0 Å². The molecule has 5 heteroatoms. The number of ether oxygens (including phenoxy) is 1. The molecule has 0 unspecified atom stereocenters. The topological polar surface area (TPSA) is 48.3 Å². The van der Waals surface area contributed by atoms with E-state index in [9.17, 15) is 9.59 Å². The first-order valence-corrected chi connectivity index (χ1v) is 8.27. The number of fused-ring (bicyclic) bond motifs is 1. The standard InChI is InChI=1S/C20H18ClNO3/c1-12(23)10-17-13(2)22(19-9-8-16(25-3)11-18(17)19)20(24)14-4-6-15(21)7-5-14/h4-9,11H,10H2,1-3H3. The Hall–Kier alpha value is -2.59. The molecular formula is C20H18ClNO3. The Morgan fingerprint density at radius 3 is 2.40 bits per heavy atom. The van der Waals surface area contributed by atoms with Crippen molar-refractivity contribution in [2.75, 3.05) is 7.11 Å². The monoisotopic (exact) mass is 355 g/mol. The summed E-state index contributed by atoms with van der Waals surface area (Å²) in [4.78, 5) is 24.8. The van der Waals surface area contributed by atoms with Gasteiger partial charge in [-0.3, -0.25) is 14.2 Å². The van der Waals surface area contributed by atoms with Gasteiger partial charge in [-0.2, -0.15) is 0 Å². The number of methoxy groups -OCH3 is 1. The summed E-state index contributed by atoms with van der Waals surface area (Å²) in [5.74, 6) is 0.580. The summed E-state index contributed by atoms with van der Waals surface area (Å²) < 4.78 is 6.95. The second-order valence-corrected chi connectivity index (χ2v) is 6.41. The first kappa shape index (κ1) is 17.2. The molecule has 0 fully saturated rings. The lowest BCUT2D eigenvalue weighted by Crippen LogP contribution is -2.14. The third kappa shape index (κ3) is 3.17. The highest BCUT2D eigenvalue weighted by Gasteiger charge is 2.21. The third-order valence-corrected chi connectivity index (χ3v) is 4.51. The fraction of sp³-hybridized carbons (Fsp3) is 0.200. The molecule has 128 valence electrons. The van der Waals surface area contributed by atoms with Gasteiger partial charge in [0.15, 0.2) is 0 Å². The summed E-state index contributed by atoms with van der Waals surface area (Å²) in [6, 6.07) is 12.3. The van der Waals surface area contributed by atoms with Gasteiger partial charge in [0.05, 0.1) is 12.6 Å². The number of rotatable bonds is 4. The van der Waals surface area contributed by atoms with Crippen molar-refractivity contribution in [1.29, 1.82) is 0 Å². The van der Waals surface area contributed by atoms with Crippen molar-refractivity contribution in [2.45, 2.75) is 20.3 Å².